The van der Waals surface area contributed by atoms with Crippen LogP contribution in [0, 0.1) is 11.6 Å². The molecular weight excluding hydrogens is 496 g/mol. The van der Waals surface area contributed by atoms with Gasteiger partial charge in [-0.15, -0.1) is 0 Å². The number of alkyl halides is 2. The van der Waals surface area contributed by atoms with Crippen LogP contribution in [0.2, 0.25) is 0 Å². The van der Waals surface area contributed by atoms with Crippen molar-refractivity contribution in [3.63, 3.8) is 0 Å². The van der Waals surface area contributed by atoms with Crippen LogP contribution < -0.4 is 26.3 Å². The third kappa shape index (κ3) is 6.49. The van der Waals surface area contributed by atoms with Crippen LogP contribution in [0.5, 0.6) is 0 Å². The number of rotatable bonds is 8. The molecule has 0 aromatic heterocycles. The van der Waals surface area contributed by atoms with Crippen LogP contribution >= 0.6 is 0 Å². The highest BCUT2D eigenvalue weighted by Crippen LogP contribution is 2.30. The first-order valence-corrected chi connectivity index (χ1v) is 11.9. The van der Waals surface area contributed by atoms with E-state index in [9.17, 15) is 31.9 Å². The second-order valence-electron chi connectivity index (χ2n) is 8.95. The van der Waals surface area contributed by atoms with Crippen molar-refractivity contribution in [1.29, 1.82) is 0 Å². The van der Waals surface area contributed by atoms with Crippen molar-refractivity contribution in [2.75, 3.05) is 28.6 Å². The van der Waals surface area contributed by atoms with Gasteiger partial charge in [0.05, 0.1) is 24.5 Å². The predicted octanol–water partition coefficient (Wildman–Crippen LogP) is 4.52. The number of anilines is 4. The Morgan fingerprint density at radius 1 is 1.03 bits per heavy atom. The molecule has 1 aliphatic carbocycles. The Morgan fingerprint density at radius 3 is 2.38 bits per heavy atom. The van der Waals surface area contributed by atoms with Crippen LogP contribution in [0.15, 0.2) is 41.2 Å². The molecule has 3 N–H and O–H groups in total. The van der Waals surface area contributed by atoms with Crippen molar-refractivity contribution in [1.82, 2.24) is 5.32 Å². The van der Waals surface area contributed by atoms with E-state index in [1.54, 1.807) is 6.07 Å². The molecule has 2 aromatic carbocycles. The summed E-state index contributed by atoms with van der Waals surface area (Å²) >= 11 is 0. The fourth-order valence-electron chi connectivity index (χ4n) is 4.35. The standard InChI is InChI=1S/C25H26F4N4O4/c26-18-10-16(33-13-17(37-25(33)36)12-30-24(35)23(28)29)11-19(27)22(18)32-15-6-8-20(21(34)9-7-15)31-14-4-2-1-3-5-14/h6-11,14,17,23,32H,1-5,12-13H2,(H,30,35)(H,31,34)/t17-/m0/s1. The van der Waals surface area contributed by atoms with Crippen LogP contribution in [-0.2, 0) is 9.53 Å². The summed E-state index contributed by atoms with van der Waals surface area (Å²) in [6.45, 7) is -0.577. The Kier molecular flexibility index (Phi) is 8.14. The number of nitrogens with one attached hydrogen (secondary N) is 3. The number of cyclic esters (lactones) is 1. The molecule has 2 aromatic rings. The SMILES string of the molecule is O=C(NC[C@H]1CN(c2cc(F)c(Nc3ccc(NC4CCCCC4)c(=O)cc3)c(F)c2)C(=O)O1)C(F)F. The smallest absolute Gasteiger partial charge is 0.414 e. The lowest BCUT2D eigenvalue weighted by atomic mass is 9.95. The molecule has 1 saturated heterocycles. The molecule has 1 saturated carbocycles. The number of carbonyl (C=O) groups is 2. The molecule has 198 valence electrons. The number of benzene rings is 1. The fourth-order valence-corrected chi connectivity index (χ4v) is 4.35. The summed E-state index contributed by atoms with van der Waals surface area (Å²) in [4.78, 5) is 36.5. The summed E-state index contributed by atoms with van der Waals surface area (Å²) in [6, 6.07) is 7.88. The van der Waals surface area contributed by atoms with E-state index in [4.69, 9.17) is 4.74 Å². The predicted molar refractivity (Wildman–Crippen MR) is 129 cm³/mol. The lowest BCUT2D eigenvalue weighted by Gasteiger charge is -2.23. The lowest BCUT2D eigenvalue weighted by Crippen LogP contribution is -2.37. The zero-order valence-electron chi connectivity index (χ0n) is 19.7. The van der Waals surface area contributed by atoms with Gasteiger partial charge in [0.1, 0.15) is 11.8 Å². The molecule has 2 aliphatic rings. The van der Waals surface area contributed by atoms with Crippen LogP contribution in [-0.4, -0.2) is 43.7 Å². The van der Waals surface area contributed by atoms with Gasteiger partial charge in [0.15, 0.2) is 11.6 Å². The summed E-state index contributed by atoms with van der Waals surface area (Å²) < 4.78 is 59.4. The van der Waals surface area contributed by atoms with E-state index in [2.05, 4.69) is 10.6 Å². The number of amides is 2. The molecule has 0 radical (unpaired) electrons. The van der Waals surface area contributed by atoms with E-state index in [0.717, 1.165) is 42.7 Å². The van der Waals surface area contributed by atoms with Crippen molar-refractivity contribution in [3.8, 4) is 0 Å². The summed E-state index contributed by atoms with van der Waals surface area (Å²) in [7, 11) is 0. The van der Waals surface area contributed by atoms with Gasteiger partial charge in [-0.25, -0.2) is 13.6 Å². The van der Waals surface area contributed by atoms with Gasteiger partial charge in [0.25, 0.3) is 5.91 Å². The summed E-state index contributed by atoms with van der Waals surface area (Å²) in [6.07, 6.45) is 0.183. The number of nitrogens with zero attached hydrogens (tertiary/aromatic N) is 1. The molecule has 0 unspecified atom stereocenters. The van der Waals surface area contributed by atoms with Crippen molar-refractivity contribution in [2.24, 2.45) is 0 Å². The number of halogens is 4. The van der Waals surface area contributed by atoms with E-state index in [1.165, 1.54) is 24.6 Å². The topological polar surface area (TPSA) is 99.8 Å². The van der Waals surface area contributed by atoms with Crippen molar-refractivity contribution in [2.45, 2.75) is 50.7 Å². The Morgan fingerprint density at radius 2 is 1.70 bits per heavy atom. The summed E-state index contributed by atoms with van der Waals surface area (Å²) in [5, 5.41) is 7.81. The first kappa shape index (κ1) is 26.2. The molecule has 0 spiro atoms. The zero-order chi connectivity index (χ0) is 26.5. The van der Waals surface area contributed by atoms with Crippen molar-refractivity contribution >= 4 is 34.7 Å². The van der Waals surface area contributed by atoms with E-state index >= 15 is 0 Å². The number of carbonyl (C=O) groups excluding carboxylic acids is 2. The first-order chi connectivity index (χ1) is 17.7. The quantitative estimate of drug-likeness (QED) is 0.441. The van der Waals surface area contributed by atoms with Gasteiger partial charge in [-0.2, -0.15) is 8.78 Å². The molecule has 12 heteroatoms. The fraction of sp³-hybridized carbons (Fsp3) is 0.400. The highest BCUT2D eigenvalue weighted by molar-refractivity contribution is 5.90. The third-order valence-corrected chi connectivity index (χ3v) is 6.26. The van der Waals surface area contributed by atoms with Gasteiger partial charge in [-0.1, -0.05) is 19.3 Å². The maximum atomic E-state index is 14.9. The second kappa shape index (κ2) is 11.5. The van der Waals surface area contributed by atoms with E-state index in [-0.39, 0.29) is 35.9 Å². The molecule has 2 fully saturated rings. The Labute approximate surface area is 210 Å². The maximum absolute atomic E-state index is 14.9. The second-order valence-corrected chi connectivity index (χ2v) is 8.95. The zero-order valence-corrected chi connectivity index (χ0v) is 19.7. The minimum absolute atomic E-state index is 0.146. The van der Waals surface area contributed by atoms with Gasteiger partial charge in [-0.05, 0) is 37.1 Å². The lowest BCUT2D eigenvalue weighted by molar-refractivity contribution is -0.132. The minimum Gasteiger partial charge on any atom is -0.442 e. The molecule has 1 atom stereocenters. The number of ether oxygens (including phenoxy) is 1. The molecule has 1 heterocycles. The number of hydrogen-bond donors (Lipinski definition) is 3. The molecule has 4 rings (SSSR count). The normalized spacial score (nSPS) is 18.0. The molecule has 2 amide bonds. The van der Waals surface area contributed by atoms with Crippen molar-refractivity contribution in [3.05, 3.63) is 58.3 Å². The van der Waals surface area contributed by atoms with E-state index in [1.807, 2.05) is 5.32 Å². The van der Waals surface area contributed by atoms with Crippen LogP contribution in [0.1, 0.15) is 32.1 Å². The van der Waals surface area contributed by atoms with E-state index in [0.29, 0.717) is 5.69 Å². The molecule has 0 bridgehead atoms. The van der Waals surface area contributed by atoms with Gasteiger partial charge in [0, 0.05) is 23.9 Å². The minimum atomic E-state index is -3.22. The Hall–Kier alpha value is -3.83. The monoisotopic (exact) mass is 522 g/mol. The highest BCUT2D eigenvalue weighted by Gasteiger charge is 2.34. The molecule has 37 heavy (non-hydrogen) atoms. The van der Waals surface area contributed by atoms with E-state index < -0.39 is 41.9 Å². The maximum Gasteiger partial charge on any atom is 0.414 e. The Bertz CT molecular complexity index is 1200. The summed E-state index contributed by atoms with van der Waals surface area (Å²) in [5.74, 6) is -3.53. The van der Waals surface area contributed by atoms with Gasteiger partial charge in [0.2, 0.25) is 5.43 Å². The molecule has 8 nitrogen and oxygen atoms in total. The largest absolute Gasteiger partial charge is 0.442 e. The molecule has 1 aliphatic heterocycles. The number of hydrogen-bond acceptors (Lipinski definition) is 6. The highest BCUT2D eigenvalue weighted by atomic mass is 19.3. The van der Waals surface area contributed by atoms with Gasteiger partial charge in [-0.3, -0.25) is 14.5 Å². The summed E-state index contributed by atoms with van der Waals surface area (Å²) in [5.41, 5.74) is -0.204. The van der Waals surface area contributed by atoms with Gasteiger partial charge >= 0.3 is 12.5 Å². The van der Waals surface area contributed by atoms with Crippen LogP contribution in [0.4, 0.5) is 45.1 Å². The van der Waals surface area contributed by atoms with Crippen LogP contribution in [0.25, 0.3) is 0 Å². The van der Waals surface area contributed by atoms with Crippen LogP contribution in [0.3, 0.4) is 0 Å². The first-order valence-electron chi connectivity index (χ1n) is 11.9. The average Bonchev–Trinajstić information content (AvgIpc) is 3.16. The third-order valence-electron chi connectivity index (χ3n) is 6.26. The Balaban J connectivity index is 1.45. The average molecular weight is 522 g/mol. The molecular formula is C25H26F4N4O4. The van der Waals surface area contributed by atoms with Gasteiger partial charge < -0.3 is 20.7 Å². The van der Waals surface area contributed by atoms with Crippen molar-refractivity contribution < 1.29 is 31.9 Å².